The third-order valence-corrected chi connectivity index (χ3v) is 16.3. The number of aliphatic carboxylic acids is 2. The van der Waals surface area contributed by atoms with Crippen molar-refractivity contribution in [1.82, 2.24) is 0 Å². The van der Waals surface area contributed by atoms with Crippen LogP contribution in [0, 0.1) is 127 Å². The van der Waals surface area contributed by atoms with E-state index in [9.17, 15) is 50.0 Å². The van der Waals surface area contributed by atoms with Crippen LogP contribution in [0.3, 0.4) is 0 Å². The first-order valence-electron chi connectivity index (χ1n) is 29.3. The zero-order valence-corrected chi connectivity index (χ0v) is 54.7. The molecule has 0 spiro atoms. The molecule has 53 heteroatoms. The van der Waals surface area contributed by atoms with Crippen molar-refractivity contribution < 1.29 is 159 Å². The summed E-state index contributed by atoms with van der Waals surface area (Å²) in [7, 11) is 0. The summed E-state index contributed by atoms with van der Waals surface area (Å²) in [5.41, 5.74) is 8.71. The van der Waals surface area contributed by atoms with Gasteiger partial charge in [-0.15, -0.1) is 0 Å². The number of alkyl halides is 2. The van der Waals surface area contributed by atoms with E-state index < -0.39 is 318 Å². The van der Waals surface area contributed by atoms with E-state index in [0.717, 1.165) is 0 Å². The largest absolute Gasteiger partial charge is 0.480 e. The average molecular weight is 1610 g/mol. The maximum Gasteiger partial charge on any atom is 0.344 e. The Morgan fingerprint density at radius 3 is 0.766 bits per heavy atom. The number of ether oxygens (including phenoxy) is 5. The van der Waals surface area contributed by atoms with Gasteiger partial charge in [0.2, 0.25) is 0 Å². The second kappa shape index (κ2) is 34.0. The summed E-state index contributed by atoms with van der Waals surface area (Å²) in [4.78, 5) is 96.2. The van der Waals surface area contributed by atoms with Crippen LogP contribution in [-0.2, 0) is 33.3 Å². The van der Waals surface area contributed by atoms with Gasteiger partial charge in [0.1, 0.15) is 110 Å². The number of carbonyl (C=O) groups excluding carboxylic acids is 4. The molecule has 4 aromatic carbocycles. The van der Waals surface area contributed by atoms with Crippen LogP contribution < -0.4 is 0 Å². The molecular weight excluding hydrogens is 1570 g/mol. The van der Waals surface area contributed by atoms with Gasteiger partial charge in [-0.2, -0.15) is 0 Å². The molecule has 6 rings (SSSR count). The molecule has 4 unspecified atom stereocenters. The van der Waals surface area contributed by atoms with Crippen LogP contribution in [0.25, 0.3) is 62.7 Å². The normalized spacial score (nSPS) is 17.9. The van der Waals surface area contributed by atoms with Crippen LogP contribution in [0.4, 0.5) is 119 Å². The van der Waals surface area contributed by atoms with Gasteiger partial charge in [-0.05, 0) is 69.0 Å². The maximum atomic E-state index is 17.9. The molecule has 0 saturated heterocycles. The Morgan fingerprint density at radius 1 is 0.360 bits per heavy atom. The SMILES string of the molecule is CC(C)C1=C(F)C(N=[N+]=[N-])=C(F)C(F)C1(CC(COCC(COC(=O)c1c(F)c(F)c(N=[N+]=[N-])c(F)c1F)(COC(=O)c1c(F)c(F)c(N=[N+]=[N-])c(F)c1F)COC(=O)c1c(F)c(F)c(N=[N+]=[N-])c(F)c1F)(COC(=O)c1c(F)c(F)c(N=[N+]=[N-])c(F)c1F)CC1(C(=O)O)C(C(C)C)=C(F)C(N=[N+]=[N-])=C(F)C1F)C(=O)O. The van der Waals surface area contributed by atoms with Crippen LogP contribution in [0.1, 0.15) is 82.0 Å². The molecule has 0 saturated carbocycles. The molecular formula is C58H34F22N18O13. The molecule has 2 aliphatic rings. The molecule has 0 fully saturated rings. The van der Waals surface area contributed by atoms with E-state index in [1.165, 1.54) is 0 Å². The standard InChI is InChI=1S/C58H34F22N18O13/c1-13(2)19-29(67)41(87-93-81)39(77)47(79)57(19,53(103)104)5-55(9-108-49(99)15-21(59)31(69)43(89-95-83)32(70)22(15)60,6-58(54(105)106)20(14(3)4)30(68)42(88-94-82)40(78)48(58)80)7-107-8-56(10-109-50(100)16-23(61)33(71)44(90-96-84)34(72)24(16)62,11-110-51(101)17-25(63)35(73)45(91-97-85)36(74)26(17)64)12-111-52(102)18-27(65)37(75)46(92-98-86)38(76)28(18)66/h13-14,47-48H,5-12H2,1-4H3,(H,103,104)(H,105,106). The minimum absolute atomic E-state index is 0.657. The van der Waals surface area contributed by atoms with Crippen molar-refractivity contribution in [3.63, 3.8) is 0 Å². The Bertz CT molecular complexity index is 4690. The predicted octanol–water partition coefficient (Wildman–Crippen LogP) is 18.8. The van der Waals surface area contributed by atoms with Crippen molar-refractivity contribution in [1.29, 1.82) is 0 Å². The fraction of sp³-hybridized carbons (Fsp3) is 0.345. The second-order valence-electron chi connectivity index (χ2n) is 23.6. The van der Waals surface area contributed by atoms with E-state index in [4.69, 9.17) is 45.8 Å². The van der Waals surface area contributed by atoms with Gasteiger partial charge in [-0.3, -0.25) is 9.59 Å². The Balaban J connectivity index is 1.84. The first kappa shape index (κ1) is 86.9. The quantitative estimate of drug-likeness (QED) is 0.00933. The Labute approximate surface area is 597 Å². The van der Waals surface area contributed by atoms with Crippen molar-refractivity contribution in [2.24, 2.45) is 64.2 Å². The molecule has 588 valence electrons. The molecule has 2 aliphatic carbocycles. The van der Waals surface area contributed by atoms with E-state index in [1.54, 1.807) is 0 Å². The van der Waals surface area contributed by atoms with Gasteiger partial charge < -0.3 is 33.9 Å². The fourth-order valence-electron chi connectivity index (χ4n) is 11.7. The number of hydrogen-bond donors (Lipinski definition) is 2. The van der Waals surface area contributed by atoms with Gasteiger partial charge in [0.15, 0.2) is 105 Å². The number of azide groups is 6. The molecule has 4 aromatic rings. The third-order valence-electron chi connectivity index (χ3n) is 16.3. The lowest BCUT2D eigenvalue weighted by atomic mass is 9.55. The number of carboxylic acids is 2. The predicted molar refractivity (Wildman–Crippen MR) is 317 cm³/mol. The van der Waals surface area contributed by atoms with Crippen molar-refractivity contribution in [2.75, 3.05) is 39.6 Å². The van der Waals surface area contributed by atoms with E-state index in [0.29, 0.717) is 27.7 Å². The summed E-state index contributed by atoms with van der Waals surface area (Å²) in [6.07, 6.45) is -14.1. The smallest absolute Gasteiger partial charge is 0.344 e. The number of esters is 4. The van der Waals surface area contributed by atoms with Crippen molar-refractivity contribution >= 4 is 58.6 Å². The first-order chi connectivity index (χ1) is 51.9. The molecule has 0 aliphatic heterocycles. The van der Waals surface area contributed by atoms with Crippen molar-refractivity contribution in [3.8, 4) is 0 Å². The minimum Gasteiger partial charge on any atom is -0.480 e. The van der Waals surface area contributed by atoms with Crippen LogP contribution in [0.15, 0.2) is 76.5 Å². The van der Waals surface area contributed by atoms with Gasteiger partial charge >= 0.3 is 35.8 Å². The lowest BCUT2D eigenvalue weighted by Crippen LogP contribution is -2.56. The number of allylic oxidation sites excluding steroid dienone is 4. The molecule has 0 bridgehead atoms. The van der Waals surface area contributed by atoms with Gasteiger partial charge in [0.05, 0.1) is 25.2 Å². The van der Waals surface area contributed by atoms with E-state index in [2.05, 4.69) is 40.5 Å². The molecule has 4 atom stereocenters. The maximum absolute atomic E-state index is 17.9. The summed E-state index contributed by atoms with van der Waals surface area (Å²) in [6, 6.07) is 0. The third kappa shape index (κ3) is 15.6. The molecule has 0 aromatic heterocycles. The molecule has 31 nitrogen and oxygen atoms in total. The average Bonchev–Trinajstić information content (AvgIpc) is 0.699. The van der Waals surface area contributed by atoms with Crippen LogP contribution in [0.2, 0.25) is 0 Å². The first-order valence-corrected chi connectivity index (χ1v) is 29.3. The van der Waals surface area contributed by atoms with Crippen LogP contribution >= 0.6 is 0 Å². The van der Waals surface area contributed by atoms with E-state index >= 15 is 96.6 Å². The Kier molecular flexibility index (Phi) is 26.6. The lowest BCUT2D eigenvalue weighted by Gasteiger charge is -2.50. The number of benzene rings is 4. The Morgan fingerprint density at radius 2 is 0.568 bits per heavy atom. The van der Waals surface area contributed by atoms with Gasteiger partial charge in [-0.25, -0.2) is 116 Å². The Hall–Kier alpha value is -13.1. The highest BCUT2D eigenvalue weighted by atomic mass is 19.2. The highest BCUT2D eigenvalue weighted by Crippen LogP contribution is 2.61. The molecule has 111 heavy (non-hydrogen) atoms. The van der Waals surface area contributed by atoms with E-state index in [1.807, 2.05) is 19.6 Å². The zero-order chi connectivity index (χ0) is 83.9. The number of carbonyl (C=O) groups is 6. The van der Waals surface area contributed by atoms with Gasteiger partial charge in [0, 0.05) is 34.9 Å². The van der Waals surface area contributed by atoms with Crippen LogP contribution in [0.5, 0.6) is 0 Å². The number of hydrogen-bond acceptors (Lipinski definition) is 17. The minimum atomic E-state index is -4.55. The lowest BCUT2D eigenvalue weighted by molar-refractivity contribution is -0.163. The number of carboxylic acid groups (broad SMARTS) is 2. The number of nitrogens with zero attached hydrogens (tertiary/aromatic N) is 18. The monoisotopic (exact) mass is 1610 g/mol. The van der Waals surface area contributed by atoms with E-state index in [-0.39, 0.29) is 0 Å². The second-order valence-corrected chi connectivity index (χ2v) is 23.6. The molecule has 2 N–H and O–H groups in total. The summed E-state index contributed by atoms with van der Waals surface area (Å²) >= 11 is 0. The number of halogens is 22. The van der Waals surface area contributed by atoms with Crippen molar-refractivity contribution in [3.05, 3.63) is 224 Å². The number of rotatable bonds is 30. The summed E-state index contributed by atoms with van der Waals surface area (Å²) in [5, 5.41) is 37.3. The van der Waals surface area contributed by atoms with Gasteiger partial charge in [-0.1, -0.05) is 58.4 Å². The zero-order valence-electron chi connectivity index (χ0n) is 54.7. The molecule has 0 amide bonds. The van der Waals surface area contributed by atoms with Crippen molar-refractivity contribution in [2.45, 2.75) is 52.9 Å². The molecule has 0 radical (unpaired) electrons. The summed E-state index contributed by atoms with van der Waals surface area (Å²) in [6.45, 7) is -12.9. The van der Waals surface area contributed by atoms with Gasteiger partial charge in [0.25, 0.3) is 0 Å². The summed E-state index contributed by atoms with van der Waals surface area (Å²) in [5.74, 6) is -79.6. The topological polar surface area (TPSA) is 482 Å². The summed E-state index contributed by atoms with van der Waals surface area (Å²) < 4.78 is 378. The molecule has 0 heterocycles. The fourth-order valence-corrected chi connectivity index (χ4v) is 11.7. The highest BCUT2D eigenvalue weighted by Gasteiger charge is 2.66. The van der Waals surface area contributed by atoms with Crippen LogP contribution in [-0.4, -0.2) is 98.0 Å². The highest BCUT2D eigenvalue weighted by molar-refractivity contribution is 5.93.